The summed E-state index contributed by atoms with van der Waals surface area (Å²) in [7, 11) is 3.48. The molecule has 0 spiro atoms. The van der Waals surface area contributed by atoms with Crippen LogP contribution in [0.5, 0.6) is 0 Å². The standard InChI is InChI=1S/C31H47N3O5S/c1-9-39-31(37)22(6)16-24(17-23-13-11-10-12-14-23)32-29(36)25-19-40-30(33-25)27(38-8)18-26(21(4)5)34(7)28(35)15-20(2)3/h10-14,19-22,24,26-27H,9,15-18H2,1-8H3,(H,32,36)/t22-,24+,26+,27+/m0/s1. The van der Waals surface area contributed by atoms with Crippen LogP contribution in [0.4, 0.5) is 0 Å². The Morgan fingerprint density at radius 1 is 1.05 bits per heavy atom. The second kappa shape index (κ2) is 16.5. The van der Waals surface area contributed by atoms with E-state index in [-0.39, 0.29) is 53.7 Å². The van der Waals surface area contributed by atoms with Crippen molar-refractivity contribution in [1.29, 1.82) is 0 Å². The lowest BCUT2D eigenvalue weighted by Gasteiger charge is -2.33. The van der Waals surface area contributed by atoms with Gasteiger partial charge in [0.1, 0.15) is 16.8 Å². The minimum Gasteiger partial charge on any atom is -0.466 e. The summed E-state index contributed by atoms with van der Waals surface area (Å²) in [6, 6.07) is 9.57. The van der Waals surface area contributed by atoms with E-state index in [0.717, 1.165) is 5.56 Å². The van der Waals surface area contributed by atoms with Gasteiger partial charge in [0.05, 0.1) is 12.5 Å². The third kappa shape index (κ3) is 10.3. The fourth-order valence-electron chi connectivity index (χ4n) is 4.77. The van der Waals surface area contributed by atoms with Crippen molar-refractivity contribution in [3.05, 3.63) is 52.0 Å². The van der Waals surface area contributed by atoms with Gasteiger partial charge in [-0.25, -0.2) is 4.98 Å². The number of hydrogen-bond donors (Lipinski definition) is 1. The molecule has 0 saturated carbocycles. The number of nitrogens with zero attached hydrogens (tertiary/aromatic N) is 2. The van der Waals surface area contributed by atoms with Crippen molar-refractivity contribution in [1.82, 2.24) is 15.2 Å². The van der Waals surface area contributed by atoms with Gasteiger partial charge in [-0.15, -0.1) is 11.3 Å². The van der Waals surface area contributed by atoms with Crippen LogP contribution < -0.4 is 5.32 Å². The molecule has 1 heterocycles. The molecule has 0 fully saturated rings. The maximum Gasteiger partial charge on any atom is 0.308 e. The largest absolute Gasteiger partial charge is 0.466 e. The van der Waals surface area contributed by atoms with Crippen LogP contribution in [-0.2, 0) is 25.5 Å². The monoisotopic (exact) mass is 573 g/mol. The molecule has 9 heteroatoms. The molecule has 0 aliphatic carbocycles. The Balaban J connectivity index is 2.17. The molecule has 1 aromatic heterocycles. The highest BCUT2D eigenvalue weighted by molar-refractivity contribution is 7.09. The fraction of sp³-hybridized carbons (Fsp3) is 0.613. The highest BCUT2D eigenvalue weighted by atomic mass is 32.1. The molecule has 2 amide bonds. The first-order valence-corrected chi connectivity index (χ1v) is 15.1. The highest BCUT2D eigenvalue weighted by Gasteiger charge is 2.29. The summed E-state index contributed by atoms with van der Waals surface area (Å²) < 4.78 is 11.0. The molecule has 1 N–H and O–H groups in total. The minimum absolute atomic E-state index is 0.0306. The molecule has 40 heavy (non-hydrogen) atoms. The first-order chi connectivity index (χ1) is 19.0. The zero-order valence-corrected chi connectivity index (χ0v) is 26.1. The zero-order valence-electron chi connectivity index (χ0n) is 25.3. The van der Waals surface area contributed by atoms with Gasteiger partial charge in [-0.05, 0) is 37.2 Å². The Labute approximate surface area is 243 Å². The van der Waals surface area contributed by atoms with E-state index >= 15 is 0 Å². The maximum absolute atomic E-state index is 13.3. The van der Waals surface area contributed by atoms with Gasteiger partial charge in [0.2, 0.25) is 5.91 Å². The topological polar surface area (TPSA) is 97.8 Å². The van der Waals surface area contributed by atoms with Gasteiger partial charge in [0, 0.05) is 44.5 Å². The summed E-state index contributed by atoms with van der Waals surface area (Å²) in [5.41, 5.74) is 1.38. The van der Waals surface area contributed by atoms with E-state index < -0.39 is 0 Å². The van der Waals surface area contributed by atoms with Crippen molar-refractivity contribution >= 4 is 29.1 Å². The van der Waals surface area contributed by atoms with Crippen LogP contribution in [0, 0.1) is 17.8 Å². The third-order valence-electron chi connectivity index (χ3n) is 7.00. The molecular weight excluding hydrogens is 526 g/mol. The normalized spacial score (nSPS) is 14.4. The molecule has 0 saturated heterocycles. The summed E-state index contributed by atoms with van der Waals surface area (Å²) in [4.78, 5) is 44.8. The van der Waals surface area contributed by atoms with Crippen LogP contribution in [-0.4, -0.2) is 60.5 Å². The van der Waals surface area contributed by atoms with Crippen molar-refractivity contribution in [3.63, 3.8) is 0 Å². The van der Waals surface area contributed by atoms with Crippen molar-refractivity contribution in [2.75, 3.05) is 20.8 Å². The molecule has 0 aliphatic heterocycles. The number of ether oxygens (including phenoxy) is 2. The Kier molecular flexibility index (Phi) is 13.8. The average Bonchev–Trinajstić information content (AvgIpc) is 3.39. The van der Waals surface area contributed by atoms with Crippen LogP contribution in [0.2, 0.25) is 0 Å². The predicted octanol–water partition coefficient (Wildman–Crippen LogP) is 5.68. The molecule has 0 unspecified atom stereocenters. The van der Waals surface area contributed by atoms with E-state index in [1.165, 1.54) is 11.3 Å². The van der Waals surface area contributed by atoms with Gasteiger partial charge in [-0.3, -0.25) is 14.4 Å². The van der Waals surface area contributed by atoms with E-state index in [1.807, 2.05) is 63.1 Å². The predicted molar refractivity (Wildman–Crippen MR) is 159 cm³/mol. The first-order valence-electron chi connectivity index (χ1n) is 14.2. The van der Waals surface area contributed by atoms with Crippen molar-refractivity contribution in [2.45, 2.75) is 85.4 Å². The lowest BCUT2D eigenvalue weighted by molar-refractivity contribution is -0.147. The Morgan fingerprint density at radius 3 is 2.30 bits per heavy atom. The van der Waals surface area contributed by atoms with Gasteiger partial charge in [-0.2, -0.15) is 0 Å². The van der Waals surface area contributed by atoms with E-state index in [4.69, 9.17) is 9.47 Å². The fourth-order valence-corrected chi connectivity index (χ4v) is 5.66. The van der Waals surface area contributed by atoms with Gasteiger partial charge in [-0.1, -0.05) is 65.0 Å². The number of nitrogens with one attached hydrogen (secondary N) is 1. The summed E-state index contributed by atoms with van der Waals surface area (Å²) in [6.45, 7) is 12.2. The summed E-state index contributed by atoms with van der Waals surface area (Å²) >= 11 is 1.38. The molecule has 0 bridgehead atoms. The average molecular weight is 574 g/mol. The van der Waals surface area contributed by atoms with Crippen molar-refractivity contribution in [2.24, 2.45) is 17.8 Å². The van der Waals surface area contributed by atoms with Crippen LogP contribution in [0.15, 0.2) is 35.7 Å². The lowest BCUT2D eigenvalue weighted by Crippen LogP contribution is -2.42. The number of carbonyl (C=O) groups excluding carboxylic acids is 3. The maximum atomic E-state index is 13.3. The second-order valence-electron chi connectivity index (χ2n) is 11.2. The SMILES string of the molecule is CCOC(=O)[C@@H](C)C[C@H](Cc1ccccc1)NC(=O)c1csc([C@@H](C[C@H](C(C)C)N(C)C(=O)CC(C)C)OC)n1. The van der Waals surface area contributed by atoms with Crippen LogP contribution in [0.3, 0.4) is 0 Å². The number of thiazole rings is 1. The van der Waals surface area contributed by atoms with Gasteiger partial charge < -0.3 is 19.7 Å². The summed E-state index contributed by atoms with van der Waals surface area (Å²) in [6.07, 6.45) is 1.76. The number of esters is 1. The van der Waals surface area contributed by atoms with E-state index in [9.17, 15) is 14.4 Å². The molecule has 1 aromatic carbocycles. The van der Waals surface area contributed by atoms with Gasteiger partial charge in [0.15, 0.2) is 0 Å². The van der Waals surface area contributed by atoms with Crippen LogP contribution >= 0.6 is 11.3 Å². The van der Waals surface area contributed by atoms with Crippen LogP contribution in [0.25, 0.3) is 0 Å². The number of carbonyl (C=O) groups is 3. The Morgan fingerprint density at radius 2 is 1.73 bits per heavy atom. The quantitative estimate of drug-likeness (QED) is 0.260. The third-order valence-corrected chi connectivity index (χ3v) is 7.94. The number of benzene rings is 1. The molecule has 222 valence electrons. The Hall–Kier alpha value is -2.78. The van der Waals surface area contributed by atoms with Gasteiger partial charge in [0.25, 0.3) is 5.91 Å². The van der Waals surface area contributed by atoms with Gasteiger partial charge >= 0.3 is 5.97 Å². The molecule has 4 atom stereocenters. The molecule has 2 aromatic rings. The molecular formula is C31H47N3O5S. The number of aromatic nitrogens is 1. The first kappa shape index (κ1) is 33.4. The number of amides is 2. The van der Waals surface area contributed by atoms with E-state index in [2.05, 4.69) is 24.1 Å². The van der Waals surface area contributed by atoms with Crippen molar-refractivity contribution < 1.29 is 23.9 Å². The lowest BCUT2D eigenvalue weighted by atomic mass is 9.95. The number of methoxy groups -OCH3 is 1. The van der Waals surface area contributed by atoms with Crippen molar-refractivity contribution in [3.8, 4) is 0 Å². The Bertz CT molecular complexity index is 1070. The highest BCUT2D eigenvalue weighted by Crippen LogP contribution is 2.30. The van der Waals surface area contributed by atoms with E-state index in [1.54, 1.807) is 19.4 Å². The molecule has 0 radical (unpaired) electrons. The smallest absolute Gasteiger partial charge is 0.308 e. The molecule has 8 nitrogen and oxygen atoms in total. The van der Waals surface area contributed by atoms with E-state index in [0.29, 0.717) is 43.0 Å². The zero-order chi connectivity index (χ0) is 29.8. The second-order valence-corrected chi connectivity index (χ2v) is 12.1. The number of rotatable bonds is 16. The minimum atomic E-state index is -0.360. The summed E-state index contributed by atoms with van der Waals surface area (Å²) in [5.74, 6) is -0.302. The number of hydrogen-bond acceptors (Lipinski definition) is 7. The van der Waals surface area contributed by atoms with Crippen LogP contribution in [0.1, 0.15) is 88.0 Å². The summed E-state index contributed by atoms with van der Waals surface area (Å²) in [5, 5.41) is 5.53. The molecule has 2 rings (SSSR count). The molecule has 0 aliphatic rings.